The summed E-state index contributed by atoms with van der Waals surface area (Å²) in [7, 11) is 0. The predicted molar refractivity (Wildman–Crippen MR) is 111 cm³/mol. The van der Waals surface area contributed by atoms with Gasteiger partial charge in [0.2, 0.25) is 0 Å². The molecule has 1 saturated carbocycles. The molecule has 5 heteroatoms. The third-order valence-electron chi connectivity index (χ3n) is 4.43. The van der Waals surface area contributed by atoms with Crippen LogP contribution in [0.5, 0.6) is 0 Å². The van der Waals surface area contributed by atoms with Crippen molar-refractivity contribution in [1.82, 2.24) is 10.2 Å². The highest BCUT2D eigenvalue weighted by molar-refractivity contribution is 14.0. The van der Waals surface area contributed by atoms with Crippen molar-refractivity contribution in [2.24, 2.45) is 10.9 Å². The van der Waals surface area contributed by atoms with Crippen LogP contribution >= 0.6 is 39.9 Å². The second-order valence-electron chi connectivity index (χ2n) is 6.25. The Kier molecular flexibility index (Phi) is 5.46. The van der Waals surface area contributed by atoms with E-state index in [0.29, 0.717) is 0 Å². The lowest BCUT2D eigenvalue weighted by molar-refractivity contribution is 0.421. The molecule has 0 unspecified atom stereocenters. The van der Waals surface area contributed by atoms with Gasteiger partial charge < -0.3 is 10.2 Å². The maximum absolute atomic E-state index is 4.62. The second-order valence-corrected chi connectivity index (χ2v) is 7.10. The van der Waals surface area contributed by atoms with E-state index in [4.69, 9.17) is 0 Å². The highest BCUT2D eigenvalue weighted by Crippen LogP contribution is 2.30. The Hall–Kier alpha value is -0.820. The van der Waals surface area contributed by atoms with Gasteiger partial charge in [-0.1, -0.05) is 40.2 Å². The van der Waals surface area contributed by atoms with Crippen LogP contribution < -0.4 is 5.32 Å². The first-order valence-electron chi connectivity index (χ1n) is 8.00. The molecule has 0 aromatic heterocycles. The van der Waals surface area contributed by atoms with Crippen molar-refractivity contribution in [1.29, 1.82) is 0 Å². The van der Waals surface area contributed by atoms with Crippen molar-refractivity contribution in [3.05, 3.63) is 46.4 Å². The molecule has 0 spiro atoms. The monoisotopic (exact) mass is 485 g/mol. The number of hydrogen-bond acceptors (Lipinski definition) is 3. The summed E-state index contributed by atoms with van der Waals surface area (Å²) >= 11 is 3.69. The molecule has 2 aromatic rings. The number of aliphatic imine (C=N–C) groups is 1. The minimum atomic E-state index is 0. The van der Waals surface area contributed by atoms with E-state index in [1.165, 1.54) is 35.7 Å². The number of guanidine groups is 1. The minimum absolute atomic E-state index is 0. The predicted octanol–water partition coefficient (Wildman–Crippen LogP) is 4.39. The fourth-order valence-corrected chi connectivity index (χ4v) is 3.70. The zero-order chi connectivity index (χ0) is 14.9. The summed E-state index contributed by atoms with van der Waals surface area (Å²) in [6.45, 7) is 3.99. The number of nitrogens with zero attached hydrogens (tertiary/aromatic N) is 2. The second kappa shape index (κ2) is 7.38. The average Bonchev–Trinajstić information content (AvgIpc) is 3.23. The number of benzene rings is 2. The van der Waals surface area contributed by atoms with E-state index in [2.05, 4.69) is 67.5 Å². The van der Waals surface area contributed by atoms with Crippen molar-refractivity contribution >= 4 is 56.6 Å². The molecule has 1 heterocycles. The van der Waals surface area contributed by atoms with Gasteiger partial charge in [-0.25, -0.2) is 0 Å². The standard InChI is InChI=1S/C18H20BrN3.HI/c19-17-10-14(9-15-3-1-2-4-16(15)17)11-21-18-20-7-8-22(18)12-13-5-6-13;/h1-4,9-10,13H,5-8,11-12H2,(H,20,21);1H. The molecule has 2 aliphatic rings. The molecule has 1 N–H and O–H groups in total. The topological polar surface area (TPSA) is 27.6 Å². The first-order chi connectivity index (χ1) is 10.8. The summed E-state index contributed by atoms with van der Waals surface area (Å²) in [5, 5.41) is 6.07. The van der Waals surface area contributed by atoms with E-state index < -0.39 is 0 Å². The van der Waals surface area contributed by atoms with Gasteiger partial charge in [0.15, 0.2) is 5.96 Å². The van der Waals surface area contributed by atoms with Crippen LogP contribution in [0.15, 0.2) is 45.9 Å². The molecule has 0 bridgehead atoms. The molecule has 0 saturated heterocycles. The minimum Gasteiger partial charge on any atom is -0.352 e. The summed E-state index contributed by atoms with van der Waals surface area (Å²) < 4.78 is 1.16. The lowest BCUT2D eigenvalue weighted by Gasteiger charge is -2.21. The Labute approximate surface area is 162 Å². The van der Waals surface area contributed by atoms with Gasteiger partial charge in [-0.2, -0.15) is 0 Å². The van der Waals surface area contributed by atoms with Crippen LogP contribution in [0.1, 0.15) is 18.4 Å². The zero-order valence-electron chi connectivity index (χ0n) is 13.0. The van der Waals surface area contributed by atoms with E-state index in [1.54, 1.807) is 0 Å². The molecule has 23 heavy (non-hydrogen) atoms. The largest absolute Gasteiger partial charge is 0.352 e. The molecular weight excluding hydrogens is 465 g/mol. The molecule has 3 nitrogen and oxygen atoms in total. The van der Waals surface area contributed by atoms with Crippen molar-refractivity contribution in [2.75, 3.05) is 19.6 Å². The first-order valence-corrected chi connectivity index (χ1v) is 8.79. The Bertz CT molecular complexity index is 727. The molecule has 0 radical (unpaired) electrons. The normalized spacial score (nSPS) is 17.1. The molecule has 0 atom stereocenters. The maximum Gasteiger partial charge on any atom is 0.194 e. The number of halogens is 2. The number of nitrogens with one attached hydrogen (secondary N) is 1. The average molecular weight is 486 g/mol. The van der Waals surface area contributed by atoms with Gasteiger partial charge >= 0.3 is 0 Å². The molecule has 122 valence electrons. The van der Waals surface area contributed by atoms with Gasteiger partial charge in [0.25, 0.3) is 0 Å². The zero-order valence-corrected chi connectivity index (χ0v) is 16.9. The molecule has 1 aliphatic carbocycles. The molecule has 2 aromatic carbocycles. The van der Waals surface area contributed by atoms with Gasteiger partial charge in [-0.3, -0.25) is 4.99 Å². The Balaban J connectivity index is 0.00000156. The van der Waals surface area contributed by atoms with Crippen LogP contribution in [-0.2, 0) is 6.54 Å². The summed E-state index contributed by atoms with van der Waals surface area (Å²) in [6, 6.07) is 12.9. The lowest BCUT2D eigenvalue weighted by atomic mass is 10.1. The van der Waals surface area contributed by atoms with Gasteiger partial charge in [-0.15, -0.1) is 24.0 Å². The SMILES string of the molecule is Brc1cc(CNC2=NCCN2CC2CC2)cc2ccccc12.I. The van der Waals surface area contributed by atoms with E-state index in [9.17, 15) is 0 Å². The summed E-state index contributed by atoms with van der Waals surface area (Å²) in [4.78, 5) is 7.03. The van der Waals surface area contributed by atoms with Crippen LogP contribution in [0.4, 0.5) is 0 Å². The summed E-state index contributed by atoms with van der Waals surface area (Å²) in [5.74, 6) is 1.98. The van der Waals surface area contributed by atoms with Gasteiger partial charge in [0.05, 0.1) is 6.54 Å². The fourth-order valence-electron chi connectivity index (χ4n) is 3.05. The van der Waals surface area contributed by atoms with Crippen LogP contribution in [0.25, 0.3) is 10.8 Å². The number of fused-ring (bicyclic) bond motifs is 1. The number of rotatable bonds is 4. The summed E-state index contributed by atoms with van der Waals surface area (Å²) in [6.07, 6.45) is 2.78. The molecule has 1 fully saturated rings. The van der Waals surface area contributed by atoms with Crippen molar-refractivity contribution in [3.63, 3.8) is 0 Å². The smallest absolute Gasteiger partial charge is 0.194 e. The van der Waals surface area contributed by atoms with E-state index in [0.717, 1.165) is 36.0 Å². The van der Waals surface area contributed by atoms with Crippen molar-refractivity contribution < 1.29 is 0 Å². The van der Waals surface area contributed by atoms with Crippen LogP contribution in [0.3, 0.4) is 0 Å². The highest BCUT2D eigenvalue weighted by Gasteiger charge is 2.27. The van der Waals surface area contributed by atoms with Gasteiger partial charge in [0.1, 0.15) is 0 Å². The lowest BCUT2D eigenvalue weighted by Crippen LogP contribution is -2.39. The third-order valence-corrected chi connectivity index (χ3v) is 5.08. The van der Waals surface area contributed by atoms with Gasteiger partial charge in [0, 0.05) is 24.1 Å². The quantitative estimate of drug-likeness (QED) is 0.650. The third kappa shape index (κ3) is 3.99. The number of hydrogen-bond donors (Lipinski definition) is 1. The van der Waals surface area contributed by atoms with E-state index >= 15 is 0 Å². The van der Waals surface area contributed by atoms with E-state index in [-0.39, 0.29) is 24.0 Å². The first kappa shape index (κ1) is 17.0. The molecule has 0 amide bonds. The fraction of sp³-hybridized carbons (Fsp3) is 0.389. The Morgan fingerprint density at radius 3 is 2.87 bits per heavy atom. The van der Waals surface area contributed by atoms with Crippen molar-refractivity contribution in [3.8, 4) is 0 Å². The van der Waals surface area contributed by atoms with E-state index in [1.807, 2.05) is 0 Å². The van der Waals surface area contributed by atoms with Crippen LogP contribution in [0.2, 0.25) is 0 Å². The Morgan fingerprint density at radius 2 is 2.04 bits per heavy atom. The maximum atomic E-state index is 4.62. The molecule has 1 aliphatic heterocycles. The summed E-state index contributed by atoms with van der Waals surface area (Å²) in [5.41, 5.74) is 1.28. The Morgan fingerprint density at radius 1 is 1.22 bits per heavy atom. The van der Waals surface area contributed by atoms with Crippen LogP contribution in [0, 0.1) is 5.92 Å². The molecular formula is C18H21BrIN3. The van der Waals surface area contributed by atoms with Crippen LogP contribution in [-0.4, -0.2) is 30.5 Å². The van der Waals surface area contributed by atoms with Gasteiger partial charge in [-0.05, 0) is 47.2 Å². The molecule has 4 rings (SSSR count). The van der Waals surface area contributed by atoms with Crippen molar-refractivity contribution in [2.45, 2.75) is 19.4 Å². The highest BCUT2D eigenvalue weighted by atomic mass is 127.